The smallest absolute Gasteiger partial charge is 0.119 e. The van der Waals surface area contributed by atoms with Gasteiger partial charge in [-0.2, -0.15) is 0 Å². The first kappa shape index (κ1) is 12.8. The molecule has 0 amide bonds. The summed E-state index contributed by atoms with van der Waals surface area (Å²) in [5, 5.41) is 3.09. The Labute approximate surface area is 98.4 Å². The Balaban J connectivity index is 2.40. The van der Waals surface area contributed by atoms with Crippen LogP contribution in [0.25, 0.3) is 0 Å². The van der Waals surface area contributed by atoms with Crippen LogP contribution in [-0.2, 0) is 0 Å². The van der Waals surface area contributed by atoms with Gasteiger partial charge < -0.3 is 15.0 Å². The van der Waals surface area contributed by atoms with Crippen molar-refractivity contribution >= 4 is 5.69 Å². The first-order chi connectivity index (χ1) is 7.61. The van der Waals surface area contributed by atoms with E-state index >= 15 is 0 Å². The van der Waals surface area contributed by atoms with Crippen LogP contribution in [0.5, 0.6) is 5.75 Å². The van der Waals surface area contributed by atoms with Gasteiger partial charge in [0.05, 0.1) is 6.10 Å². The second-order valence-electron chi connectivity index (χ2n) is 4.29. The van der Waals surface area contributed by atoms with Crippen molar-refractivity contribution in [3.63, 3.8) is 0 Å². The van der Waals surface area contributed by atoms with Crippen LogP contribution in [0.3, 0.4) is 0 Å². The maximum Gasteiger partial charge on any atom is 0.119 e. The van der Waals surface area contributed by atoms with Crippen LogP contribution in [0.1, 0.15) is 13.3 Å². The Morgan fingerprint density at radius 1 is 1.25 bits per heavy atom. The predicted octanol–water partition coefficient (Wildman–Crippen LogP) is 2.45. The third-order valence-corrected chi connectivity index (χ3v) is 2.46. The fourth-order valence-electron chi connectivity index (χ4n) is 1.43. The van der Waals surface area contributed by atoms with Crippen molar-refractivity contribution in [3.8, 4) is 5.75 Å². The van der Waals surface area contributed by atoms with Gasteiger partial charge in [-0.15, -0.1) is 0 Å². The van der Waals surface area contributed by atoms with Crippen molar-refractivity contribution in [3.05, 3.63) is 24.3 Å². The van der Waals surface area contributed by atoms with E-state index in [1.54, 1.807) is 0 Å². The molecule has 0 bridgehead atoms. The van der Waals surface area contributed by atoms with Gasteiger partial charge in [0.1, 0.15) is 5.75 Å². The first-order valence-corrected chi connectivity index (χ1v) is 5.71. The lowest BCUT2D eigenvalue weighted by Crippen LogP contribution is -2.21. The Morgan fingerprint density at radius 2 is 1.88 bits per heavy atom. The topological polar surface area (TPSA) is 24.5 Å². The lowest BCUT2D eigenvalue weighted by Gasteiger charge is -2.17. The summed E-state index contributed by atoms with van der Waals surface area (Å²) in [5.41, 5.74) is 1.10. The number of rotatable bonds is 6. The number of nitrogens with one attached hydrogen (secondary N) is 1. The molecule has 0 heterocycles. The minimum absolute atomic E-state index is 0.253. The van der Waals surface area contributed by atoms with Crippen molar-refractivity contribution < 1.29 is 4.74 Å². The first-order valence-electron chi connectivity index (χ1n) is 5.71. The van der Waals surface area contributed by atoms with Crippen LogP contribution < -0.4 is 10.1 Å². The summed E-state index contributed by atoms with van der Waals surface area (Å²) in [6.07, 6.45) is 1.30. The molecule has 90 valence electrons. The van der Waals surface area contributed by atoms with Gasteiger partial charge in [-0.1, -0.05) is 0 Å². The van der Waals surface area contributed by atoms with Gasteiger partial charge in [0.15, 0.2) is 0 Å². The summed E-state index contributed by atoms with van der Waals surface area (Å²) in [5.74, 6) is 0.935. The number of anilines is 1. The molecule has 3 heteroatoms. The summed E-state index contributed by atoms with van der Waals surface area (Å²) in [4.78, 5) is 2.17. The quantitative estimate of drug-likeness (QED) is 0.800. The number of benzene rings is 1. The third-order valence-electron chi connectivity index (χ3n) is 2.46. The highest BCUT2D eigenvalue weighted by Gasteiger charge is 2.04. The minimum atomic E-state index is 0.253. The maximum atomic E-state index is 5.81. The highest BCUT2D eigenvalue weighted by atomic mass is 16.5. The Hall–Kier alpha value is -1.22. The summed E-state index contributed by atoms with van der Waals surface area (Å²) < 4.78 is 5.81. The molecule has 1 unspecified atom stereocenters. The van der Waals surface area contributed by atoms with Crippen LogP contribution in [0.2, 0.25) is 0 Å². The highest BCUT2D eigenvalue weighted by Crippen LogP contribution is 2.17. The van der Waals surface area contributed by atoms with Crippen LogP contribution in [0.4, 0.5) is 5.69 Å². The van der Waals surface area contributed by atoms with Gasteiger partial charge >= 0.3 is 0 Å². The van der Waals surface area contributed by atoms with Crippen molar-refractivity contribution in [2.75, 3.05) is 33.0 Å². The molecule has 3 nitrogen and oxygen atoms in total. The average Bonchev–Trinajstić information content (AvgIpc) is 2.27. The molecule has 0 saturated carbocycles. The molecular weight excluding hydrogens is 200 g/mol. The minimum Gasteiger partial charge on any atom is -0.491 e. The monoisotopic (exact) mass is 222 g/mol. The van der Waals surface area contributed by atoms with Gasteiger partial charge in [-0.3, -0.25) is 0 Å². The van der Waals surface area contributed by atoms with Crippen LogP contribution in [-0.4, -0.2) is 38.7 Å². The lowest BCUT2D eigenvalue weighted by atomic mass is 10.2. The Kier molecular flexibility index (Phi) is 5.12. The molecule has 1 aromatic carbocycles. The third kappa shape index (κ3) is 4.53. The van der Waals surface area contributed by atoms with Gasteiger partial charge in [0.25, 0.3) is 0 Å². The second-order valence-corrected chi connectivity index (χ2v) is 4.29. The number of nitrogens with zero attached hydrogens (tertiary/aromatic N) is 1. The predicted molar refractivity (Wildman–Crippen MR) is 69.2 cm³/mol. The summed E-state index contributed by atoms with van der Waals surface area (Å²) in [7, 11) is 6.07. The van der Waals surface area contributed by atoms with Gasteiger partial charge in [0, 0.05) is 19.3 Å². The van der Waals surface area contributed by atoms with E-state index in [9.17, 15) is 0 Å². The summed E-state index contributed by atoms with van der Waals surface area (Å²) in [6, 6.07) is 8.04. The van der Waals surface area contributed by atoms with Gasteiger partial charge in [-0.05, 0) is 51.7 Å². The molecule has 0 fully saturated rings. The van der Waals surface area contributed by atoms with Gasteiger partial charge in [0.2, 0.25) is 0 Å². The van der Waals surface area contributed by atoms with Crippen molar-refractivity contribution in [2.24, 2.45) is 0 Å². The maximum absolute atomic E-state index is 5.81. The Bertz CT molecular complexity index is 295. The zero-order chi connectivity index (χ0) is 12.0. The fraction of sp³-hybridized carbons (Fsp3) is 0.538. The van der Waals surface area contributed by atoms with Crippen molar-refractivity contribution in [1.82, 2.24) is 4.90 Å². The standard InChI is InChI=1S/C13H22N2O/c1-11(9-10-15(3)4)16-13-7-5-12(14-2)6-8-13/h5-8,11,14H,9-10H2,1-4H3. The molecule has 1 rings (SSSR count). The zero-order valence-corrected chi connectivity index (χ0v) is 10.7. The van der Waals surface area contributed by atoms with Gasteiger partial charge in [-0.25, -0.2) is 0 Å². The second kappa shape index (κ2) is 6.38. The number of ether oxygens (including phenoxy) is 1. The van der Waals surface area contributed by atoms with Crippen LogP contribution >= 0.6 is 0 Å². The Morgan fingerprint density at radius 3 is 2.38 bits per heavy atom. The van der Waals surface area contributed by atoms with Crippen LogP contribution in [0, 0.1) is 0 Å². The van der Waals surface area contributed by atoms with E-state index in [2.05, 4.69) is 31.2 Å². The SMILES string of the molecule is CNc1ccc(OC(C)CCN(C)C)cc1. The molecule has 1 aromatic rings. The molecule has 0 saturated heterocycles. The molecule has 0 spiro atoms. The van der Waals surface area contributed by atoms with E-state index < -0.39 is 0 Å². The van der Waals surface area contributed by atoms with Crippen molar-refractivity contribution in [2.45, 2.75) is 19.4 Å². The van der Waals surface area contributed by atoms with E-state index in [-0.39, 0.29) is 6.10 Å². The van der Waals surface area contributed by atoms with E-state index in [1.807, 2.05) is 31.3 Å². The lowest BCUT2D eigenvalue weighted by molar-refractivity contribution is 0.194. The van der Waals surface area contributed by atoms with E-state index in [0.29, 0.717) is 0 Å². The molecule has 1 atom stereocenters. The molecular formula is C13H22N2O. The van der Waals surface area contributed by atoms with E-state index in [1.165, 1.54) is 0 Å². The van der Waals surface area contributed by atoms with Crippen molar-refractivity contribution in [1.29, 1.82) is 0 Å². The van der Waals surface area contributed by atoms with E-state index in [0.717, 1.165) is 24.4 Å². The number of hydrogen-bond acceptors (Lipinski definition) is 3. The molecule has 0 aliphatic carbocycles. The molecule has 0 aromatic heterocycles. The molecule has 1 N–H and O–H groups in total. The molecule has 0 aliphatic rings. The fourth-order valence-corrected chi connectivity index (χ4v) is 1.43. The molecule has 16 heavy (non-hydrogen) atoms. The summed E-state index contributed by atoms with van der Waals surface area (Å²) in [6.45, 7) is 3.16. The van der Waals surface area contributed by atoms with Crippen LogP contribution in [0.15, 0.2) is 24.3 Å². The highest BCUT2D eigenvalue weighted by molar-refractivity contribution is 5.45. The molecule has 0 radical (unpaired) electrons. The average molecular weight is 222 g/mol. The van der Waals surface area contributed by atoms with E-state index in [4.69, 9.17) is 4.74 Å². The molecule has 0 aliphatic heterocycles. The summed E-state index contributed by atoms with van der Waals surface area (Å²) >= 11 is 0. The normalized spacial score (nSPS) is 12.6. The zero-order valence-electron chi connectivity index (χ0n) is 10.7. The number of hydrogen-bond donors (Lipinski definition) is 1. The largest absolute Gasteiger partial charge is 0.491 e.